The molecule has 0 aliphatic rings. The predicted octanol–water partition coefficient (Wildman–Crippen LogP) is 3.54. The maximum absolute atomic E-state index is 12.0. The summed E-state index contributed by atoms with van der Waals surface area (Å²) in [5.74, 6) is 0. The Labute approximate surface area is 126 Å². The third kappa shape index (κ3) is 5.22. The summed E-state index contributed by atoms with van der Waals surface area (Å²) < 4.78 is 108. The molecule has 0 heterocycles. The van der Waals surface area contributed by atoms with Crippen molar-refractivity contribution in [1.82, 2.24) is 0 Å². The third-order valence-electron chi connectivity index (χ3n) is 1.97. The first-order valence-corrected chi connectivity index (χ1v) is 4.13. The molecule has 0 unspecified atom stereocenters. The number of aliphatic hydroxyl groups is 1. The molecule has 0 fully saturated rings. The zero-order valence-corrected chi connectivity index (χ0v) is 12.0. The Morgan fingerprint density at radius 1 is 0.895 bits per heavy atom. The van der Waals surface area contributed by atoms with Crippen molar-refractivity contribution in [3.8, 4) is 0 Å². The van der Waals surface area contributed by atoms with E-state index < -0.39 is 36.1 Å². The van der Waals surface area contributed by atoms with Gasteiger partial charge < -0.3 is 11.2 Å². The van der Waals surface area contributed by atoms with Crippen LogP contribution in [0.5, 0.6) is 0 Å². The van der Waals surface area contributed by atoms with Gasteiger partial charge in [-0.05, 0) is 0 Å². The minimum Gasteiger partial charge on any atom is -0.485 e. The minimum absolute atomic E-state index is 0. The van der Waals surface area contributed by atoms with Crippen molar-refractivity contribution in [2.24, 2.45) is 0 Å². The maximum atomic E-state index is 12.0. The number of alkyl halides is 9. The molecule has 19 heavy (non-hydrogen) atoms. The van der Waals surface area contributed by atoms with Crippen LogP contribution in [0.4, 0.5) is 39.5 Å². The van der Waals surface area contributed by atoms with Gasteiger partial charge in [-0.25, -0.2) is 0 Å². The van der Waals surface area contributed by atoms with E-state index >= 15 is 0 Å². The molecule has 0 amide bonds. The zero-order valence-electron chi connectivity index (χ0n) is 9.13. The van der Waals surface area contributed by atoms with Crippen molar-refractivity contribution >= 4 is 0 Å². The summed E-state index contributed by atoms with van der Waals surface area (Å²) >= 11 is 0. The van der Waals surface area contributed by atoms with E-state index in [1.165, 1.54) is 0 Å². The maximum Gasteiger partial charge on any atom is 0.423 e. The second-order valence-electron chi connectivity index (χ2n) is 3.33. The molecule has 0 bridgehead atoms. The normalized spacial score (nSPS) is 15.2. The van der Waals surface area contributed by atoms with Gasteiger partial charge in [0.05, 0.1) is 0 Å². The Morgan fingerprint density at radius 3 is 1.42 bits per heavy atom. The second kappa shape index (κ2) is 6.30. The van der Waals surface area contributed by atoms with Gasteiger partial charge in [0.2, 0.25) is 5.60 Å². The van der Waals surface area contributed by atoms with Crippen LogP contribution in [0.3, 0.4) is 0 Å². The quantitative estimate of drug-likeness (QED) is 0.576. The van der Waals surface area contributed by atoms with Crippen molar-refractivity contribution < 1.29 is 77.3 Å². The number of hydrogen-bond acceptors (Lipinski definition) is 1. The van der Waals surface area contributed by atoms with Crippen LogP contribution >= 0.6 is 0 Å². The Kier molecular flexibility index (Phi) is 7.12. The monoisotopic (exact) mass is 378 g/mol. The number of allylic oxidation sites excluding steroid dienone is 1. The van der Waals surface area contributed by atoms with Gasteiger partial charge in [-0.2, -0.15) is 45.1 Å². The molecule has 0 saturated heterocycles. The second-order valence-corrected chi connectivity index (χ2v) is 3.33. The van der Waals surface area contributed by atoms with Crippen molar-refractivity contribution in [2.45, 2.75) is 37.5 Å². The molecule has 1 nitrogen and oxygen atoms in total. The van der Waals surface area contributed by atoms with Crippen LogP contribution in [0, 0.1) is 6.08 Å². The van der Waals surface area contributed by atoms with E-state index in [4.69, 9.17) is 5.11 Å². The molecule has 1 N–H and O–H groups in total. The molecule has 0 atom stereocenters. The van der Waals surface area contributed by atoms with E-state index in [9.17, 15) is 39.5 Å². The van der Waals surface area contributed by atoms with Crippen LogP contribution in [-0.4, -0.2) is 29.2 Å². The first-order chi connectivity index (χ1) is 7.63. The average Bonchev–Trinajstić information content (AvgIpc) is 2.07. The fourth-order valence-electron chi connectivity index (χ4n) is 0.722. The molecule has 111 valence electrons. The van der Waals surface area contributed by atoms with Crippen molar-refractivity contribution in [3.05, 3.63) is 11.6 Å². The van der Waals surface area contributed by atoms with Gasteiger partial charge in [-0.1, -0.05) is 6.92 Å². The van der Waals surface area contributed by atoms with E-state index in [-0.39, 0.29) is 39.6 Å². The SMILES string of the molecule is CC(=[C-]CC(O)(C(F)(F)F)C(F)(F)F)C(F)(F)F.[Y]. The summed E-state index contributed by atoms with van der Waals surface area (Å²) in [7, 11) is 0. The molecule has 0 aromatic rings. The fourth-order valence-corrected chi connectivity index (χ4v) is 0.722. The largest absolute Gasteiger partial charge is 0.485 e. The molecule has 0 aliphatic heterocycles. The standard InChI is InChI=1S/C8H6F9O.Y/c1-4(6(9,10)11)2-3-5(18,7(12,13)14)8(15,16)17;/h18H,3H2,1H3;/q-1;. The Balaban J connectivity index is 0. The summed E-state index contributed by atoms with van der Waals surface area (Å²) in [5, 5.41) is 8.51. The number of rotatable bonds is 2. The summed E-state index contributed by atoms with van der Waals surface area (Å²) in [6.07, 6.45) is -18.9. The molecule has 0 aromatic carbocycles. The van der Waals surface area contributed by atoms with Crippen LogP contribution in [-0.2, 0) is 32.7 Å². The Hall–Kier alpha value is 0.174. The van der Waals surface area contributed by atoms with E-state index in [0.717, 1.165) is 6.08 Å². The van der Waals surface area contributed by atoms with Crippen LogP contribution in [0.15, 0.2) is 5.57 Å². The van der Waals surface area contributed by atoms with Gasteiger partial charge in [0.1, 0.15) is 0 Å². The van der Waals surface area contributed by atoms with Crippen LogP contribution in [0.25, 0.3) is 0 Å². The summed E-state index contributed by atoms with van der Waals surface area (Å²) in [4.78, 5) is 0. The molecule has 0 aliphatic carbocycles. The third-order valence-corrected chi connectivity index (χ3v) is 1.97. The van der Waals surface area contributed by atoms with Crippen LogP contribution < -0.4 is 0 Å². The van der Waals surface area contributed by atoms with E-state index in [1.807, 2.05) is 0 Å². The minimum atomic E-state index is -6.16. The molecule has 0 spiro atoms. The van der Waals surface area contributed by atoms with Crippen LogP contribution in [0.2, 0.25) is 0 Å². The van der Waals surface area contributed by atoms with Gasteiger partial charge in [0, 0.05) is 32.7 Å². The Bertz CT molecular complexity index is 311. The molecule has 0 aromatic heterocycles. The first-order valence-electron chi connectivity index (χ1n) is 4.13. The van der Waals surface area contributed by atoms with E-state index in [0.29, 0.717) is 0 Å². The fraction of sp³-hybridized carbons (Fsp3) is 0.750. The number of hydrogen-bond donors (Lipinski definition) is 1. The van der Waals surface area contributed by atoms with Crippen molar-refractivity contribution in [3.63, 3.8) is 0 Å². The van der Waals surface area contributed by atoms with Crippen molar-refractivity contribution in [1.29, 1.82) is 0 Å². The smallest absolute Gasteiger partial charge is 0.423 e. The molecule has 0 saturated carbocycles. The predicted molar refractivity (Wildman–Crippen MR) is 40.2 cm³/mol. The number of halogens is 9. The van der Waals surface area contributed by atoms with E-state index in [2.05, 4.69) is 0 Å². The topological polar surface area (TPSA) is 20.2 Å². The average molecular weight is 378 g/mol. The van der Waals surface area contributed by atoms with Gasteiger partial charge in [-0.15, -0.1) is 6.42 Å². The van der Waals surface area contributed by atoms with Gasteiger partial charge in [0.15, 0.2) is 0 Å². The molecule has 1 radical (unpaired) electrons. The molecule has 11 heteroatoms. The van der Waals surface area contributed by atoms with Gasteiger partial charge in [0.25, 0.3) is 0 Å². The Morgan fingerprint density at radius 2 is 1.21 bits per heavy atom. The van der Waals surface area contributed by atoms with E-state index in [1.54, 1.807) is 0 Å². The molecular weight excluding hydrogens is 372 g/mol. The molecule has 0 rings (SSSR count). The van der Waals surface area contributed by atoms with Gasteiger partial charge >= 0.3 is 18.5 Å². The summed E-state index contributed by atoms with van der Waals surface area (Å²) in [5.41, 5.74) is -7.04. The molecular formula is C8H6F9OY-. The van der Waals surface area contributed by atoms with Crippen LogP contribution in [0.1, 0.15) is 13.3 Å². The zero-order chi connectivity index (χ0) is 15.0. The summed E-state index contributed by atoms with van der Waals surface area (Å²) in [6.45, 7) is 0.243. The summed E-state index contributed by atoms with van der Waals surface area (Å²) in [6, 6.07) is 0. The van der Waals surface area contributed by atoms with Crippen molar-refractivity contribution in [2.75, 3.05) is 0 Å². The van der Waals surface area contributed by atoms with Gasteiger partial charge in [-0.3, -0.25) is 0 Å². The first kappa shape index (κ1) is 21.5.